The Morgan fingerprint density at radius 3 is 2.09 bits per heavy atom. The van der Waals surface area contributed by atoms with Crippen molar-refractivity contribution in [2.75, 3.05) is 0 Å². The Balaban J connectivity index is 4.07. The van der Waals surface area contributed by atoms with Crippen LogP contribution in [0.3, 0.4) is 0 Å². The third-order valence-electron chi connectivity index (χ3n) is 1.99. The van der Waals surface area contributed by atoms with Crippen LogP contribution in [0.15, 0.2) is 12.2 Å². The number of hydrogen-bond acceptors (Lipinski definition) is 1. The van der Waals surface area contributed by atoms with Crippen LogP contribution in [-0.2, 0) is 4.79 Å². The fraction of sp³-hybridized carbons (Fsp3) is 0.700. The highest BCUT2D eigenvalue weighted by Gasteiger charge is 2.16. The van der Waals surface area contributed by atoms with E-state index < -0.39 is 0 Å². The highest BCUT2D eigenvalue weighted by Crippen LogP contribution is 2.25. The van der Waals surface area contributed by atoms with Crippen LogP contribution in [0.25, 0.3) is 0 Å². The molecular weight excluding hydrogens is 136 g/mol. The summed E-state index contributed by atoms with van der Waals surface area (Å²) < 4.78 is 0. The van der Waals surface area contributed by atoms with E-state index in [-0.39, 0.29) is 11.2 Å². The summed E-state index contributed by atoms with van der Waals surface area (Å²) in [7, 11) is 0. The first-order valence-corrected chi connectivity index (χ1v) is 4.03. The lowest BCUT2D eigenvalue weighted by molar-refractivity contribution is -0.112. The monoisotopic (exact) mass is 154 g/mol. The number of hydrogen-bond donors (Lipinski definition) is 0. The molecule has 0 aromatic heterocycles. The second-order valence-corrected chi connectivity index (χ2v) is 4.12. The molecule has 0 heterocycles. The second-order valence-electron chi connectivity index (χ2n) is 4.12. The molecule has 0 N–H and O–H groups in total. The molecule has 64 valence electrons. The van der Waals surface area contributed by atoms with Gasteiger partial charge in [0.05, 0.1) is 0 Å². The molecule has 0 rings (SSSR count). The molecule has 0 bridgehead atoms. The molecule has 0 fully saturated rings. The van der Waals surface area contributed by atoms with Gasteiger partial charge in [-0.3, -0.25) is 4.79 Å². The highest BCUT2D eigenvalue weighted by atomic mass is 16.1. The Morgan fingerprint density at radius 1 is 1.36 bits per heavy atom. The van der Waals surface area contributed by atoms with Crippen molar-refractivity contribution in [2.24, 2.45) is 11.3 Å². The van der Waals surface area contributed by atoms with Crippen LogP contribution in [0.2, 0.25) is 0 Å². The maximum atomic E-state index is 10.6. The largest absolute Gasteiger partial charge is 0.295 e. The minimum absolute atomic E-state index is 0.126. The van der Waals surface area contributed by atoms with Gasteiger partial charge in [0.15, 0.2) is 5.78 Å². The third kappa shape index (κ3) is 4.77. The first-order chi connectivity index (χ1) is 4.84. The van der Waals surface area contributed by atoms with Gasteiger partial charge >= 0.3 is 0 Å². The number of carbonyl (C=O) groups excluding carboxylic acids is 1. The van der Waals surface area contributed by atoms with Crippen LogP contribution >= 0.6 is 0 Å². The van der Waals surface area contributed by atoms with Gasteiger partial charge in [-0.05, 0) is 24.3 Å². The average molecular weight is 154 g/mol. The van der Waals surface area contributed by atoms with Crippen molar-refractivity contribution in [2.45, 2.75) is 34.6 Å². The highest BCUT2D eigenvalue weighted by molar-refractivity contribution is 5.87. The molecule has 1 atom stereocenters. The number of allylic oxidation sites excluding steroid dienone is 2. The first-order valence-electron chi connectivity index (χ1n) is 4.03. The van der Waals surface area contributed by atoms with Gasteiger partial charge in [-0.1, -0.05) is 33.8 Å². The van der Waals surface area contributed by atoms with E-state index in [2.05, 4.69) is 27.7 Å². The van der Waals surface area contributed by atoms with E-state index in [1.54, 1.807) is 13.0 Å². The van der Waals surface area contributed by atoms with E-state index in [0.29, 0.717) is 5.92 Å². The molecule has 0 aliphatic heterocycles. The molecular formula is C10H18O. The Kier molecular flexibility index (Phi) is 3.50. The minimum atomic E-state index is 0.126. The third-order valence-corrected chi connectivity index (χ3v) is 1.99. The van der Waals surface area contributed by atoms with Crippen molar-refractivity contribution < 1.29 is 4.79 Å². The first kappa shape index (κ1) is 10.4. The zero-order valence-electron chi connectivity index (χ0n) is 8.14. The van der Waals surface area contributed by atoms with E-state index in [4.69, 9.17) is 0 Å². The van der Waals surface area contributed by atoms with Crippen molar-refractivity contribution in [3.63, 3.8) is 0 Å². The fourth-order valence-electron chi connectivity index (χ4n) is 0.569. The maximum Gasteiger partial charge on any atom is 0.152 e. The molecule has 1 heteroatoms. The summed E-state index contributed by atoms with van der Waals surface area (Å²) in [6.07, 6.45) is 3.62. The Labute approximate surface area is 69.5 Å². The molecule has 0 spiro atoms. The lowest BCUT2D eigenvalue weighted by Gasteiger charge is -2.23. The van der Waals surface area contributed by atoms with Crippen molar-refractivity contribution in [3.8, 4) is 0 Å². The summed E-state index contributed by atoms with van der Waals surface area (Å²) in [4.78, 5) is 10.6. The molecule has 0 saturated carbocycles. The maximum absolute atomic E-state index is 10.6. The molecule has 0 aromatic carbocycles. The topological polar surface area (TPSA) is 17.1 Å². The predicted octanol–water partition coefficient (Wildman–Crippen LogP) is 2.81. The summed E-state index contributed by atoms with van der Waals surface area (Å²) in [5.74, 6) is 0.576. The van der Waals surface area contributed by atoms with E-state index in [1.807, 2.05) is 6.08 Å². The van der Waals surface area contributed by atoms with Gasteiger partial charge in [0.1, 0.15) is 0 Å². The number of ketones is 1. The lowest BCUT2D eigenvalue weighted by Crippen LogP contribution is -2.14. The lowest BCUT2D eigenvalue weighted by atomic mass is 9.82. The van der Waals surface area contributed by atoms with Gasteiger partial charge in [0.2, 0.25) is 0 Å². The molecule has 1 unspecified atom stereocenters. The molecule has 0 radical (unpaired) electrons. The van der Waals surface area contributed by atoms with Gasteiger partial charge in [-0.15, -0.1) is 0 Å². The smallest absolute Gasteiger partial charge is 0.152 e. The van der Waals surface area contributed by atoms with Crippen LogP contribution in [0.5, 0.6) is 0 Å². The van der Waals surface area contributed by atoms with Crippen molar-refractivity contribution in [1.82, 2.24) is 0 Å². The van der Waals surface area contributed by atoms with Crippen LogP contribution in [-0.4, -0.2) is 5.78 Å². The van der Waals surface area contributed by atoms with Crippen LogP contribution in [0.1, 0.15) is 34.6 Å². The molecule has 1 nitrogen and oxygen atoms in total. The Hall–Kier alpha value is -0.590. The molecule has 0 aromatic rings. The zero-order valence-corrected chi connectivity index (χ0v) is 8.14. The Bertz CT molecular complexity index is 160. The standard InChI is InChI=1S/C10H18O/c1-8(10(3,4)5)6-7-9(2)11/h6-8H,1-5H3/b7-6+. The van der Waals surface area contributed by atoms with Gasteiger partial charge in [-0.25, -0.2) is 0 Å². The van der Waals surface area contributed by atoms with Crippen LogP contribution in [0, 0.1) is 11.3 Å². The van der Waals surface area contributed by atoms with Crippen molar-refractivity contribution in [3.05, 3.63) is 12.2 Å². The normalized spacial score (nSPS) is 15.4. The van der Waals surface area contributed by atoms with Crippen molar-refractivity contribution in [1.29, 1.82) is 0 Å². The SMILES string of the molecule is CC(=O)/C=C/C(C)C(C)(C)C. The molecule has 0 saturated heterocycles. The van der Waals surface area contributed by atoms with Crippen LogP contribution < -0.4 is 0 Å². The van der Waals surface area contributed by atoms with Crippen LogP contribution in [0.4, 0.5) is 0 Å². The van der Waals surface area contributed by atoms with E-state index in [9.17, 15) is 4.79 Å². The minimum Gasteiger partial charge on any atom is -0.295 e. The molecule has 0 amide bonds. The van der Waals surface area contributed by atoms with E-state index >= 15 is 0 Å². The summed E-state index contributed by atoms with van der Waals surface area (Å²) in [6.45, 7) is 10.2. The second kappa shape index (κ2) is 3.70. The quantitative estimate of drug-likeness (QED) is 0.559. The molecule has 11 heavy (non-hydrogen) atoms. The Morgan fingerprint density at radius 2 is 1.82 bits per heavy atom. The summed E-state index contributed by atoms with van der Waals surface area (Å²) >= 11 is 0. The molecule has 0 aliphatic carbocycles. The predicted molar refractivity (Wildman–Crippen MR) is 48.4 cm³/mol. The summed E-state index contributed by atoms with van der Waals surface area (Å²) in [6, 6.07) is 0. The van der Waals surface area contributed by atoms with E-state index in [1.165, 1.54) is 0 Å². The van der Waals surface area contributed by atoms with Gasteiger partial charge in [0, 0.05) is 0 Å². The number of rotatable bonds is 2. The van der Waals surface area contributed by atoms with Gasteiger partial charge in [0.25, 0.3) is 0 Å². The average Bonchev–Trinajstić information content (AvgIpc) is 1.80. The van der Waals surface area contributed by atoms with E-state index in [0.717, 1.165) is 0 Å². The summed E-state index contributed by atoms with van der Waals surface area (Å²) in [5.41, 5.74) is 0.256. The number of carbonyl (C=O) groups is 1. The zero-order chi connectivity index (χ0) is 9.07. The molecule has 0 aliphatic rings. The van der Waals surface area contributed by atoms with Gasteiger partial charge < -0.3 is 0 Å². The summed E-state index contributed by atoms with van der Waals surface area (Å²) in [5, 5.41) is 0. The van der Waals surface area contributed by atoms with Gasteiger partial charge in [-0.2, -0.15) is 0 Å². The fourth-order valence-corrected chi connectivity index (χ4v) is 0.569. The van der Waals surface area contributed by atoms with Crippen molar-refractivity contribution >= 4 is 5.78 Å².